The largest absolute Gasteiger partial charge is 0.497 e. The number of nitrogens with zero attached hydrogens (tertiary/aromatic N) is 1. The van der Waals surface area contributed by atoms with E-state index in [1.54, 1.807) is 18.4 Å². The second-order valence-corrected chi connectivity index (χ2v) is 6.75. The first kappa shape index (κ1) is 18.3. The fourth-order valence-corrected chi connectivity index (χ4v) is 3.14. The van der Waals surface area contributed by atoms with E-state index in [9.17, 15) is 4.79 Å². The number of hydrogen-bond donors (Lipinski definition) is 2. The van der Waals surface area contributed by atoms with Gasteiger partial charge in [-0.3, -0.25) is 0 Å². The zero-order chi connectivity index (χ0) is 17.4. The van der Waals surface area contributed by atoms with Crippen molar-refractivity contribution in [3.05, 3.63) is 52.2 Å². The maximum atomic E-state index is 12.0. The minimum absolute atomic E-state index is 0.110. The number of likely N-dealkylation sites (N-methyl/N-ethyl adjacent to an activating group) is 1. The number of hydrogen-bond acceptors (Lipinski definition) is 4. The maximum Gasteiger partial charge on any atom is 0.314 e. The molecule has 1 atom stereocenters. The molecule has 0 fully saturated rings. The third-order valence-electron chi connectivity index (χ3n) is 3.82. The molecule has 0 spiro atoms. The number of urea groups is 1. The molecule has 2 rings (SSSR count). The highest BCUT2D eigenvalue weighted by Gasteiger charge is 2.15. The molecular weight excluding hydrogens is 322 g/mol. The van der Waals surface area contributed by atoms with E-state index < -0.39 is 0 Å². The molecule has 130 valence electrons. The summed E-state index contributed by atoms with van der Waals surface area (Å²) < 4.78 is 5.19. The molecule has 0 bridgehead atoms. The van der Waals surface area contributed by atoms with Crippen LogP contribution in [-0.4, -0.2) is 45.2 Å². The number of rotatable bonds is 8. The Hall–Kier alpha value is -2.05. The van der Waals surface area contributed by atoms with Gasteiger partial charge in [0.25, 0.3) is 0 Å². The number of carbonyl (C=O) groups is 1. The first-order valence-corrected chi connectivity index (χ1v) is 8.82. The van der Waals surface area contributed by atoms with Gasteiger partial charge in [-0.25, -0.2) is 4.79 Å². The van der Waals surface area contributed by atoms with Gasteiger partial charge in [-0.05, 0) is 49.7 Å². The number of benzene rings is 1. The van der Waals surface area contributed by atoms with Gasteiger partial charge in [-0.1, -0.05) is 18.2 Å². The van der Waals surface area contributed by atoms with Gasteiger partial charge in [0.2, 0.25) is 0 Å². The van der Waals surface area contributed by atoms with Crippen LogP contribution in [0, 0.1) is 0 Å². The van der Waals surface area contributed by atoms with Crippen LogP contribution in [0.3, 0.4) is 0 Å². The topological polar surface area (TPSA) is 53.6 Å². The van der Waals surface area contributed by atoms with Gasteiger partial charge >= 0.3 is 6.03 Å². The lowest BCUT2D eigenvalue weighted by Gasteiger charge is -2.25. The van der Waals surface area contributed by atoms with E-state index in [1.807, 2.05) is 49.8 Å². The minimum atomic E-state index is -0.132. The van der Waals surface area contributed by atoms with Crippen molar-refractivity contribution >= 4 is 17.4 Å². The molecule has 1 unspecified atom stereocenters. The van der Waals surface area contributed by atoms with Crippen molar-refractivity contribution in [2.75, 3.05) is 34.3 Å². The molecule has 2 N–H and O–H groups in total. The molecule has 6 heteroatoms. The number of ether oxygens (including phenoxy) is 1. The highest BCUT2D eigenvalue weighted by molar-refractivity contribution is 7.09. The lowest BCUT2D eigenvalue weighted by atomic mass is 10.1. The Balaban J connectivity index is 1.80. The van der Waals surface area contributed by atoms with Gasteiger partial charge in [-0.15, -0.1) is 11.3 Å². The lowest BCUT2D eigenvalue weighted by Crippen LogP contribution is -2.41. The second-order valence-electron chi connectivity index (χ2n) is 5.72. The third-order valence-corrected chi connectivity index (χ3v) is 4.75. The molecule has 1 aromatic heterocycles. The van der Waals surface area contributed by atoms with Crippen LogP contribution < -0.4 is 15.4 Å². The quantitative estimate of drug-likeness (QED) is 0.772. The second kappa shape index (κ2) is 9.30. The lowest BCUT2D eigenvalue weighted by molar-refractivity contribution is 0.233. The molecule has 1 heterocycles. The Morgan fingerprint density at radius 1 is 1.21 bits per heavy atom. The van der Waals surface area contributed by atoms with Gasteiger partial charge in [0.05, 0.1) is 13.2 Å². The molecule has 5 nitrogen and oxygen atoms in total. The summed E-state index contributed by atoms with van der Waals surface area (Å²) in [4.78, 5) is 15.3. The fourth-order valence-electron chi connectivity index (χ4n) is 2.43. The molecule has 0 radical (unpaired) electrons. The number of nitrogens with one attached hydrogen (secondary N) is 2. The van der Waals surface area contributed by atoms with E-state index in [-0.39, 0.29) is 12.1 Å². The Labute approximate surface area is 147 Å². The van der Waals surface area contributed by atoms with E-state index in [0.29, 0.717) is 13.1 Å². The number of carbonyl (C=O) groups excluding carboxylic acids is 1. The fraction of sp³-hybridized carbons (Fsp3) is 0.389. The molecule has 0 aliphatic carbocycles. The summed E-state index contributed by atoms with van der Waals surface area (Å²) in [5.41, 5.74) is 1.14. The van der Waals surface area contributed by atoms with Crippen LogP contribution in [0.25, 0.3) is 0 Å². The Bertz CT molecular complexity index is 612. The van der Waals surface area contributed by atoms with Crippen molar-refractivity contribution in [1.29, 1.82) is 0 Å². The van der Waals surface area contributed by atoms with Gasteiger partial charge in [0.1, 0.15) is 5.75 Å². The van der Waals surface area contributed by atoms with E-state index in [2.05, 4.69) is 21.6 Å². The summed E-state index contributed by atoms with van der Waals surface area (Å²) in [7, 11) is 5.66. The molecule has 0 saturated heterocycles. The van der Waals surface area contributed by atoms with Gasteiger partial charge < -0.3 is 20.3 Å². The maximum absolute atomic E-state index is 12.0. The Morgan fingerprint density at radius 2 is 1.96 bits per heavy atom. The summed E-state index contributed by atoms with van der Waals surface area (Å²) in [5, 5.41) is 7.90. The van der Waals surface area contributed by atoms with Gasteiger partial charge in [0.15, 0.2) is 0 Å². The summed E-state index contributed by atoms with van der Waals surface area (Å²) in [5.74, 6) is 0.829. The van der Waals surface area contributed by atoms with Crippen molar-refractivity contribution in [2.24, 2.45) is 0 Å². The molecule has 2 amide bonds. The molecule has 1 aromatic carbocycles. The minimum Gasteiger partial charge on any atom is -0.497 e. The zero-order valence-electron chi connectivity index (χ0n) is 14.4. The van der Waals surface area contributed by atoms with Crippen LogP contribution in [0.2, 0.25) is 0 Å². The van der Waals surface area contributed by atoms with E-state index in [1.165, 1.54) is 4.88 Å². The van der Waals surface area contributed by atoms with Gasteiger partial charge in [0, 0.05) is 18.0 Å². The number of methoxy groups -OCH3 is 1. The van der Waals surface area contributed by atoms with Crippen LogP contribution in [0.4, 0.5) is 4.79 Å². The van der Waals surface area contributed by atoms with Crippen molar-refractivity contribution in [3.63, 3.8) is 0 Å². The van der Waals surface area contributed by atoms with E-state index in [0.717, 1.165) is 17.7 Å². The van der Waals surface area contributed by atoms with Crippen molar-refractivity contribution in [2.45, 2.75) is 12.5 Å². The van der Waals surface area contributed by atoms with Crippen LogP contribution >= 0.6 is 11.3 Å². The zero-order valence-corrected chi connectivity index (χ0v) is 15.2. The van der Waals surface area contributed by atoms with Crippen molar-refractivity contribution < 1.29 is 9.53 Å². The molecular formula is C18H25N3O2S. The molecule has 0 saturated carbocycles. The van der Waals surface area contributed by atoms with Crippen molar-refractivity contribution in [1.82, 2.24) is 15.5 Å². The first-order chi connectivity index (χ1) is 11.6. The third kappa shape index (κ3) is 5.54. The first-order valence-electron chi connectivity index (χ1n) is 7.94. The monoisotopic (exact) mass is 347 g/mol. The average Bonchev–Trinajstić information content (AvgIpc) is 3.08. The summed E-state index contributed by atoms with van der Waals surface area (Å²) in [6.07, 6.45) is 0.862. The summed E-state index contributed by atoms with van der Waals surface area (Å²) in [6, 6.07) is 12.0. The predicted molar refractivity (Wildman–Crippen MR) is 98.8 cm³/mol. The Kier molecular flexibility index (Phi) is 7.08. The smallest absolute Gasteiger partial charge is 0.314 e. The van der Waals surface area contributed by atoms with Crippen LogP contribution in [0.15, 0.2) is 41.8 Å². The highest BCUT2D eigenvalue weighted by Crippen LogP contribution is 2.20. The predicted octanol–water partition coefficient (Wildman–Crippen LogP) is 2.90. The molecule has 0 aliphatic heterocycles. The summed E-state index contributed by atoms with van der Waals surface area (Å²) >= 11 is 1.71. The molecule has 2 aromatic rings. The van der Waals surface area contributed by atoms with E-state index in [4.69, 9.17) is 4.74 Å². The van der Waals surface area contributed by atoms with Crippen LogP contribution in [0.5, 0.6) is 5.75 Å². The molecule has 0 aliphatic rings. The normalized spacial score (nSPS) is 12.0. The Morgan fingerprint density at radius 3 is 2.54 bits per heavy atom. The molecule has 24 heavy (non-hydrogen) atoms. The van der Waals surface area contributed by atoms with Crippen LogP contribution in [0.1, 0.15) is 16.5 Å². The number of thiophene rings is 1. The summed E-state index contributed by atoms with van der Waals surface area (Å²) in [6.45, 7) is 1.19. The number of amides is 2. The standard InChI is InChI=1S/C18H25N3O2S/c1-21(2)17(14-6-8-15(23-3)9-7-14)13-20-18(22)19-11-10-16-5-4-12-24-16/h4-9,12,17H,10-11,13H2,1-3H3,(H2,19,20,22). The average molecular weight is 347 g/mol. The highest BCUT2D eigenvalue weighted by atomic mass is 32.1. The van der Waals surface area contributed by atoms with Crippen LogP contribution in [-0.2, 0) is 6.42 Å². The van der Waals surface area contributed by atoms with Crippen molar-refractivity contribution in [3.8, 4) is 5.75 Å². The van der Waals surface area contributed by atoms with E-state index >= 15 is 0 Å². The SMILES string of the molecule is COc1ccc(C(CNC(=O)NCCc2cccs2)N(C)C)cc1. The van der Waals surface area contributed by atoms with Gasteiger partial charge in [-0.2, -0.15) is 0 Å².